The normalized spacial score (nSPS) is 10.7. The Morgan fingerprint density at radius 3 is 2.67 bits per heavy atom. The molecule has 0 aliphatic carbocycles. The van der Waals surface area contributed by atoms with Crippen LogP contribution in [0.2, 0.25) is 0 Å². The van der Waals surface area contributed by atoms with E-state index in [1.54, 1.807) is 6.92 Å². The maximum Gasteiger partial charge on any atom is 0.346 e. The van der Waals surface area contributed by atoms with Crippen LogP contribution < -0.4 is 11.0 Å². The molecule has 1 amide bonds. The van der Waals surface area contributed by atoms with Crippen molar-refractivity contribution in [3.8, 4) is 5.75 Å². The third kappa shape index (κ3) is 2.91. The van der Waals surface area contributed by atoms with Crippen LogP contribution in [-0.4, -0.2) is 25.4 Å². The largest absolute Gasteiger partial charge is 0.503 e. The second kappa shape index (κ2) is 5.35. The summed E-state index contributed by atoms with van der Waals surface area (Å²) in [6.45, 7) is 1.14. The summed E-state index contributed by atoms with van der Waals surface area (Å²) in [5.74, 6) is -3.38. The molecule has 0 unspecified atom stereocenters. The molecule has 0 aliphatic rings. The molecule has 0 fully saturated rings. The highest BCUT2D eigenvalue weighted by molar-refractivity contribution is 5.92. The molecule has 0 bridgehead atoms. The average molecular weight is 298 g/mol. The number of nitrogens with one attached hydrogen (secondary N) is 1. The summed E-state index contributed by atoms with van der Waals surface area (Å²) in [4.78, 5) is 23.4. The highest BCUT2D eigenvalue weighted by atomic mass is 19.1. The lowest BCUT2D eigenvalue weighted by Gasteiger charge is -2.07. The van der Waals surface area contributed by atoms with E-state index in [4.69, 9.17) is 0 Å². The number of phenolic OH excluding ortho intramolecular Hbond substituents is 1. The van der Waals surface area contributed by atoms with Crippen LogP contribution in [0.4, 0.5) is 14.5 Å². The van der Waals surface area contributed by atoms with Crippen LogP contribution >= 0.6 is 0 Å². The Kier molecular flexibility index (Phi) is 3.74. The summed E-state index contributed by atoms with van der Waals surface area (Å²) < 4.78 is 28.3. The highest BCUT2D eigenvalue weighted by Gasteiger charge is 2.15. The van der Waals surface area contributed by atoms with E-state index in [1.165, 1.54) is 11.6 Å². The first-order valence-electron chi connectivity index (χ1n) is 5.88. The van der Waals surface area contributed by atoms with Crippen LogP contribution in [0.25, 0.3) is 0 Å². The molecular formula is C12H12F2N4O3. The standard InChI is InChI=1S/C12H12F2N4O3/c1-6-16-18(12(21)17(6)2)5-10(19)15-9-4-7(13)3-8(14)11(9)20/h3-4,20H,5H2,1-2H3,(H,15,19). The second-order valence-electron chi connectivity index (χ2n) is 4.38. The first kappa shape index (κ1) is 14.7. The van der Waals surface area contributed by atoms with Crippen LogP contribution in [0.3, 0.4) is 0 Å². The molecule has 9 heteroatoms. The first-order chi connectivity index (χ1) is 9.79. The number of anilines is 1. The number of amides is 1. The number of carbonyl (C=O) groups is 1. The fourth-order valence-electron chi connectivity index (χ4n) is 1.69. The van der Waals surface area contributed by atoms with Crippen molar-refractivity contribution < 1.29 is 18.7 Å². The van der Waals surface area contributed by atoms with Crippen molar-refractivity contribution in [2.75, 3.05) is 5.32 Å². The topological polar surface area (TPSA) is 89.2 Å². The van der Waals surface area contributed by atoms with Crippen molar-refractivity contribution in [3.63, 3.8) is 0 Å². The maximum atomic E-state index is 13.1. The Balaban J connectivity index is 2.19. The summed E-state index contributed by atoms with van der Waals surface area (Å²) in [6.07, 6.45) is 0. The van der Waals surface area contributed by atoms with Crippen LogP contribution in [-0.2, 0) is 18.4 Å². The number of rotatable bonds is 3. The van der Waals surface area contributed by atoms with Crippen molar-refractivity contribution in [1.29, 1.82) is 0 Å². The van der Waals surface area contributed by atoms with E-state index in [0.29, 0.717) is 11.9 Å². The Labute approximate surface area is 117 Å². The SMILES string of the molecule is Cc1nn(CC(=O)Nc2cc(F)cc(F)c2O)c(=O)n1C. The number of aromatic nitrogens is 3. The smallest absolute Gasteiger partial charge is 0.346 e. The Morgan fingerprint density at radius 1 is 1.43 bits per heavy atom. The summed E-state index contributed by atoms with van der Waals surface area (Å²) in [7, 11) is 1.49. The molecule has 0 spiro atoms. The molecule has 0 atom stereocenters. The fraction of sp³-hybridized carbons (Fsp3) is 0.250. The highest BCUT2D eigenvalue weighted by Crippen LogP contribution is 2.27. The van der Waals surface area contributed by atoms with Gasteiger partial charge in [-0.25, -0.2) is 18.3 Å². The van der Waals surface area contributed by atoms with Gasteiger partial charge in [-0.3, -0.25) is 9.36 Å². The predicted octanol–water partition coefficient (Wildman–Crippen LogP) is 0.513. The molecule has 1 aromatic carbocycles. The Morgan fingerprint density at radius 2 is 2.10 bits per heavy atom. The summed E-state index contributed by atoms with van der Waals surface area (Å²) in [5, 5.41) is 15.4. The molecule has 2 rings (SSSR count). The maximum absolute atomic E-state index is 13.1. The van der Waals surface area contributed by atoms with Gasteiger partial charge in [-0.15, -0.1) is 0 Å². The van der Waals surface area contributed by atoms with Gasteiger partial charge in [0, 0.05) is 19.2 Å². The number of halogens is 2. The molecule has 2 N–H and O–H groups in total. The fourth-order valence-corrected chi connectivity index (χ4v) is 1.69. The van der Waals surface area contributed by atoms with Crippen molar-refractivity contribution in [2.45, 2.75) is 13.5 Å². The molecule has 2 aromatic rings. The lowest BCUT2D eigenvalue weighted by atomic mass is 10.2. The van der Waals surface area contributed by atoms with Gasteiger partial charge in [-0.1, -0.05) is 0 Å². The Hall–Kier alpha value is -2.71. The van der Waals surface area contributed by atoms with E-state index in [9.17, 15) is 23.5 Å². The third-order valence-corrected chi connectivity index (χ3v) is 2.85. The molecule has 1 aromatic heterocycles. The van der Waals surface area contributed by atoms with Gasteiger partial charge in [0.1, 0.15) is 18.2 Å². The van der Waals surface area contributed by atoms with Gasteiger partial charge in [-0.2, -0.15) is 5.10 Å². The molecule has 0 aliphatic heterocycles. The average Bonchev–Trinajstić information content (AvgIpc) is 2.63. The number of hydrogen-bond donors (Lipinski definition) is 2. The Bertz CT molecular complexity index is 767. The molecule has 112 valence electrons. The number of benzene rings is 1. The van der Waals surface area contributed by atoms with Gasteiger partial charge in [-0.05, 0) is 6.92 Å². The van der Waals surface area contributed by atoms with Crippen LogP contribution in [0.1, 0.15) is 5.82 Å². The second-order valence-corrected chi connectivity index (χ2v) is 4.38. The zero-order valence-electron chi connectivity index (χ0n) is 11.2. The number of aryl methyl sites for hydroxylation is 1. The molecule has 1 heterocycles. The summed E-state index contributed by atoms with van der Waals surface area (Å²) in [5.41, 5.74) is -0.921. The quantitative estimate of drug-likeness (QED) is 0.808. The molecule has 0 saturated carbocycles. The lowest BCUT2D eigenvalue weighted by molar-refractivity contribution is -0.117. The van der Waals surface area contributed by atoms with E-state index >= 15 is 0 Å². The zero-order valence-corrected chi connectivity index (χ0v) is 11.2. The minimum absolute atomic E-state index is 0.410. The molecule has 21 heavy (non-hydrogen) atoms. The van der Waals surface area contributed by atoms with Crippen LogP contribution in [0.15, 0.2) is 16.9 Å². The van der Waals surface area contributed by atoms with Gasteiger partial charge in [0.25, 0.3) is 0 Å². The minimum Gasteiger partial charge on any atom is -0.503 e. The number of hydrogen-bond acceptors (Lipinski definition) is 4. The van der Waals surface area contributed by atoms with Crippen molar-refractivity contribution in [2.24, 2.45) is 7.05 Å². The third-order valence-electron chi connectivity index (χ3n) is 2.85. The molecule has 0 saturated heterocycles. The van der Waals surface area contributed by atoms with E-state index in [0.717, 1.165) is 10.7 Å². The van der Waals surface area contributed by atoms with E-state index in [2.05, 4.69) is 10.4 Å². The van der Waals surface area contributed by atoms with E-state index in [-0.39, 0.29) is 0 Å². The van der Waals surface area contributed by atoms with Crippen molar-refractivity contribution in [1.82, 2.24) is 14.3 Å². The van der Waals surface area contributed by atoms with Gasteiger partial charge in [0.15, 0.2) is 11.6 Å². The van der Waals surface area contributed by atoms with Gasteiger partial charge in [0.2, 0.25) is 5.91 Å². The summed E-state index contributed by atoms with van der Waals surface area (Å²) in [6, 6.07) is 1.25. The van der Waals surface area contributed by atoms with Crippen LogP contribution in [0, 0.1) is 18.6 Å². The van der Waals surface area contributed by atoms with E-state index in [1.807, 2.05) is 0 Å². The molecule has 7 nitrogen and oxygen atoms in total. The van der Waals surface area contributed by atoms with Crippen LogP contribution in [0.5, 0.6) is 5.75 Å². The lowest BCUT2D eigenvalue weighted by Crippen LogP contribution is -2.29. The zero-order chi connectivity index (χ0) is 15.7. The number of aromatic hydroxyl groups is 1. The first-order valence-corrected chi connectivity index (χ1v) is 5.88. The molecular weight excluding hydrogens is 286 g/mol. The summed E-state index contributed by atoms with van der Waals surface area (Å²) >= 11 is 0. The minimum atomic E-state index is -1.20. The van der Waals surface area contributed by atoms with Crippen molar-refractivity contribution >= 4 is 11.6 Å². The van der Waals surface area contributed by atoms with Gasteiger partial charge >= 0.3 is 5.69 Å². The predicted molar refractivity (Wildman–Crippen MR) is 68.9 cm³/mol. The molecule has 0 radical (unpaired) electrons. The number of phenols is 1. The number of nitrogens with zero attached hydrogens (tertiary/aromatic N) is 3. The van der Waals surface area contributed by atoms with Gasteiger partial charge < -0.3 is 10.4 Å². The van der Waals surface area contributed by atoms with E-state index < -0.39 is 41.2 Å². The number of carbonyl (C=O) groups excluding carboxylic acids is 1. The van der Waals surface area contributed by atoms with Gasteiger partial charge in [0.05, 0.1) is 5.69 Å². The van der Waals surface area contributed by atoms with Crippen molar-refractivity contribution in [3.05, 3.63) is 40.1 Å². The monoisotopic (exact) mass is 298 g/mol.